The summed E-state index contributed by atoms with van der Waals surface area (Å²) in [5.41, 5.74) is 8.02. The van der Waals surface area contributed by atoms with Crippen LogP contribution in [0.5, 0.6) is 0 Å². The number of benzene rings is 6. The van der Waals surface area contributed by atoms with Gasteiger partial charge in [-0.3, -0.25) is 0 Å². The van der Waals surface area contributed by atoms with Crippen LogP contribution < -0.4 is 4.90 Å². The minimum atomic E-state index is 0.871. The number of furan rings is 2. The van der Waals surface area contributed by atoms with Crippen LogP contribution >= 0.6 is 11.3 Å². The predicted octanol–water partition coefficient (Wildman–Crippen LogP) is 11.6. The average Bonchev–Trinajstić information content (AvgIpc) is 3.68. The lowest BCUT2D eigenvalue weighted by atomic mass is 10.0. The number of para-hydroxylation sites is 2. The van der Waals surface area contributed by atoms with Crippen molar-refractivity contribution in [2.45, 2.75) is 6.92 Å². The first-order valence-corrected chi connectivity index (χ1v) is 14.6. The van der Waals surface area contributed by atoms with Crippen molar-refractivity contribution < 1.29 is 8.83 Å². The summed E-state index contributed by atoms with van der Waals surface area (Å²) in [6, 6.07) is 42.8. The maximum Gasteiger partial charge on any atom is 0.137 e. The highest BCUT2D eigenvalue weighted by molar-refractivity contribution is 7.26. The molecule has 41 heavy (non-hydrogen) atoms. The molecule has 9 rings (SSSR count). The van der Waals surface area contributed by atoms with Crippen molar-refractivity contribution in [2.24, 2.45) is 0 Å². The number of nitrogens with zero attached hydrogens (tertiary/aromatic N) is 1. The van der Waals surface area contributed by atoms with E-state index in [1.165, 1.54) is 25.7 Å². The molecular weight excluding hydrogens is 522 g/mol. The van der Waals surface area contributed by atoms with Gasteiger partial charge < -0.3 is 13.7 Å². The second kappa shape index (κ2) is 8.47. The molecule has 0 aliphatic carbocycles. The fraction of sp³-hybridized carbons (Fsp3) is 0.0270. The highest BCUT2D eigenvalue weighted by Crippen LogP contribution is 2.48. The van der Waals surface area contributed by atoms with Gasteiger partial charge in [-0.2, -0.15) is 0 Å². The van der Waals surface area contributed by atoms with Gasteiger partial charge in [0.25, 0.3) is 0 Å². The van der Waals surface area contributed by atoms with E-state index in [2.05, 4.69) is 109 Å². The van der Waals surface area contributed by atoms with E-state index in [1.807, 2.05) is 35.6 Å². The Morgan fingerprint density at radius 1 is 0.488 bits per heavy atom. The lowest BCUT2D eigenvalue weighted by Crippen LogP contribution is -2.10. The van der Waals surface area contributed by atoms with Crippen LogP contribution in [0.1, 0.15) is 5.56 Å². The van der Waals surface area contributed by atoms with Gasteiger partial charge in [-0.15, -0.1) is 11.3 Å². The fourth-order valence-electron chi connectivity index (χ4n) is 6.31. The van der Waals surface area contributed by atoms with Crippen LogP contribution in [0.25, 0.3) is 64.0 Å². The summed E-state index contributed by atoms with van der Waals surface area (Å²) in [7, 11) is 0. The largest absolute Gasteiger partial charge is 0.456 e. The van der Waals surface area contributed by atoms with Crippen molar-refractivity contribution in [2.75, 3.05) is 4.90 Å². The van der Waals surface area contributed by atoms with Gasteiger partial charge in [0, 0.05) is 48.1 Å². The normalized spacial score (nSPS) is 12.0. The molecule has 0 amide bonds. The van der Waals surface area contributed by atoms with Gasteiger partial charge in [-0.1, -0.05) is 60.2 Å². The van der Waals surface area contributed by atoms with Gasteiger partial charge in [0.15, 0.2) is 0 Å². The van der Waals surface area contributed by atoms with E-state index in [4.69, 9.17) is 8.83 Å². The Hall–Kier alpha value is -5.06. The van der Waals surface area contributed by atoms with Gasteiger partial charge in [-0.25, -0.2) is 0 Å². The molecule has 0 saturated carbocycles. The van der Waals surface area contributed by atoms with E-state index in [0.29, 0.717) is 0 Å². The minimum absolute atomic E-state index is 0.871. The molecule has 4 heteroatoms. The quantitative estimate of drug-likeness (QED) is 0.221. The van der Waals surface area contributed by atoms with Gasteiger partial charge in [-0.05, 0) is 67.6 Å². The van der Waals surface area contributed by atoms with Gasteiger partial charge >= 0.3 is 0 Å². The third-order valence-corrected chi connectivity index (χ3v) is 9.25. The second-order valence-electron chi connectivity index (χ2n) is 10.6. The Kier molecular flexibility index (Phi) is 4.69. The van der Waals surface area contributed by atoms with Crippen LogP contribution in [0.15, 0.2) is 130 Å². The molecule has 0 aliphatic rings. The molecule has 0 atom stereocenters. The molecule has 3 nitrogen and oxygen atoms in total. The summed E-state index contributed by atoms with van der Waals surface area (Å²) < 4.78 is 15.3. The maximum absolute atomic E-state index is 6.37. The zero-order valence-electron chi connectivity index (χ0n) is 22.2. The van der Waals surface area contributed by atoms with E-state index in [-0.39, 0.29) is 0 Å². The minimum Gasteiger partial charge on any atom is -0.456 e. The number of anilines is 3. The first-order chi connectivity index (χ1) is 20.2. The van der Waals surface area contributed by atoms with Crippen LogP contribution in [0.2, 0.25) is 0 Å². The Balaban J connectivity index is 1.41. The Morgan fingerprint density at radius 2 is 1.17 bits per heavy atom. The van der Waals surface area contributed by atoms with Crippen LogP contribution in [-0.4, -0.2) is 0 Å². The van der Waals surface area contributed by atoms with Crippen molar-refractivity contribution in [3.63, 3.8) is 0 Å². The molecule has 0 fully saturated rings. The van der Waals surface area contributed by atoms with Gasteiger partial charge in [0.05, 0.1) is 16.8 Å². The first-order valence-electron chi connectivity index (χ1n) is 13.8. The maximum atomic E-state index is 6.37. The molecular formula is C37H23NO2S. The molecule has 9 aromatic rings. The molecule has 3 aromatic heterocycles. The topological polar surface area (TPSA) is 29.5 Å². The number of aryl methyl sites for hydroxylation is 1. The van der Waals surface area contributed by atoms with Crippen molar-refractivity contribution in [1.29, 1.82) is 0 Å². The third kappa shape index (κ3) is 3.32. The molecule has 0 saturated heterocycles. The van der Waals surface area contributed by atoms with E-state index in [9.17, 15) is 0 Å². The van der Waals surface area contributed by atoms with E-state index < -0.39 is 0 Å². The standard InChI is InChI=1S/C37H23NO2S/c1-22-16-19-34-27(20-22)37-29(11-7-15-35(37)41-34)38(23-17-18-25-24-8-2-4-12-30(24)40-33(25)21-23)28-10-6-14-32-36(28)26-9-3-5-13-31(26)39-32/h2-21H,1H3. The third-order valence-electron chi connectivity index (χ3n) is 8.11. The summed E-state index contributed by atoms with van der Waals surface area (Å²) >= 11 is 1.84. The highest BCUT2D eigenvalue weighted by Gasteiger charge is 2.23. The summed E-state index contributed by atoms with van der Waals surface area (Å²) in [6.07, 6.45) is 0. The Morgan fingerprint density at radius 3 is 2.05 bits per heavy atom. The molecule has 6 aromatic carbocycles. The number of thiophene rings is 1. The number of fused-ring (bicyclic) bond motifs is 9. The highest BCUT2D eigenvalue weighted by atomic mass is 32.1. The lowest BCUT2D eigenvalue weighted by molar-refractivity contribution is 0.669. The Labute approximate surface area is 239 Å². The summed E-state index contributed by atoms with van der Waals surface area (Å²) in [6.45, 7) is 2.16. The summed E-state index contributed by atoms with van der Waals surface area (Å²) in [5.74, 6) is 0. The zero-order chi connectivity index (χ0) is 27.1. The number of rotatable bonds is 3. The lowest BCUT2D eigenvalue weighted by Gasteiger charge is -2.27. The molecule has 0 aliphatic heterocycles. The smallest absolute Gasteiger partial charge is 0.137 e. The van der Waals surface area contributed by atoms with E-state index >= 15 is 0 Å². The van der Waals surface area contributed by atoms with Crippen LogP contribution in [0.3, 0.4) is 0 Å². The fourth-order valence-corrected chi connectivity index (χ4v) is 7.42. The summed E-state index contributed by atoms with van der Waals surface area (Å²) in [5, 5.41) is 6.98. The first kappa shape index (κ1) is 22.7. The van der Waals surface area contributed by atoms with E-state index in [0.717, 1.165) is 60.9 Å². The Bertz CT molecular complexity index is 2460. The molecule has 0 unspecified atom stereocenters. The predicted molar refractivity (Wildman–Crippen MR) is 173 cm³/mol. The number of hydrogen-bond donors (Lipinski definition) is 0. The van der Waals surface area contributed by atoms with Crippen molar-refractivity contribution in [1.82, 2.24) is 0 Å². The van der Waals surface area contributed by atoms with Crippen molar-refractivity contribution in [3.05, 3.63) is 127 Å². The summed E-state index contributed by atoms with van der Waals surface area (Å²) in [4.78, 5) is 2.38. The monoisotopic (exact) mass is 545 g/mol. The van der Waals surface area contributed by atoms with Crippen LogP contribution in [0, 0.1) is 6.92 Å². The molecule has 0 radical (unpaired) electrons. The average molecular weight is 546 g/mol. The molecule has 194 valence electrons. The van der Waals surface area contributed by atoms with E-state index in [1.54, 1.807) is 0 Å². The number of hydrogen-bond acceptors (Lipinski definition) is 4. The SMILES string of the molecule is Cc1ccc2sc3cccc(N(c4ccc5c(c4)oc4ccccc45)c4cccc5oc6ccccc6c45)c3c2c1. The van der Waals surface area contributed by atoms with Crippen LogP contribution in [0.4, 0.5) is 17.1 Å². The molecule has 0 bridgehead atoms. The van der Waals surface area contributed by atoms with Crippen molar-refractivity contribution in [3.8, 4) is 0 Å². The zero-order valence-corrected chi connectivity index (χ0v) is 23.0. The molecule has 0 N–H and O–H groups in total. The van der Waals surface area contributed by atoms with Gasteiger partial charge in [0.2, 0.25) is 0 Å². The molecule has 3 heterocycles. The second-order valence-corrected chi connectivity index (χ2v) is 11.7. The van der Waals surface area contributed by atoms with Crippen molar-refractivity contribution >= 4 is 92.4 Å². The molecule has 0 spiro atoms. The van der Waals surface area contributed by atoms with Gasteiger partial charge in [0.1, 0.15) is 22.3 Å². The van der Waals surface area contributed by atoms with Crippen LogP contribution in [-0.2, 0) is 0 Å².